The van der Waals surface area contributed by atoms with Gasteiger partial charge in [-0.3, -0.25) is 9.59 Å². The molecular formula is C20H28N2O3. The van der Waals surface area contributed by atoms with Gasteiger partial charge in [0.2, 0.25) is 5.91 Å². The van der Waals surface area contributed by atoms with Crippen LogP contribution in [0.1, 0.15) is 54.9 Å². The van der Waals surface area contributed by atoms with Crippen molar-refractivity contribution in [2.75, 3.05) is 26.2 Å². The van der Waals surface area contributed by atoms with Crippen LogP contribution in [0, 0.1) is 6.92 Å². The van der Waals surface area contributed by atoms with Gasteiger partial charge in [-0.15, -0.1) is 0 Å². The Morgan fingerprint density at radius 1 is 1.24 bits per heavy atom. The molecule has 5 heteroatoms. The zero-order valence-corrected chi connectivity index (χ0v) is 15.3. The lowest BCUT2D eigenvalue weighted by Gasteiger charge is -2.41. The van der Waals surface area contributed by atoms with Gasteiger partial charge in [0.25, 0.3) is 5.91 Å². The van der Waals surface area contributed by atoms with Crippen LogP contribution in [0.3, 0.4) is 0 Å². The molecule has 2 heterocycles. The van der Waals surface area contributed by atoms with Gasteiger partial charge in [-0.1, -0.05) is 6.07 Å². The molecule has 1 atom stereocenters. The molecule has 5 nitrogen and oxygen atoms in total. The first kappa shape index (κ1) is 17.8. The van der Waals surface area contributed by atoms with Crippen LogP contribution in [0.5, 0.6) is 5.75 Å². The molecule has 2 aliphatic rings. The van der Waals surface area contributed by atoms with E-state index in [4.69, 9.17) is 4.74 Å². The predicted molar refractivity (Wildman–Crippen MR) is 96.8 cm³/mol. The second kappa shape index (κ2) is 7.89. The number of aryl methyl sites for hydroxylation is 1. The summed E-state index contributed by atoms with van der Waals surface area (Å²) in [6.45, 7) is 6.75. The standard InChI is InChI=1S/C20H28N2O3/c1-3-25-18-13-16(10-9-15(18)2)20(24)21-11-6-7-17(14-21)22-12-5-4-8-19(22)23/h9-10,13,17H,3-8,11-12,14H2,1-2H3. The van der Waals surface area contributed by atoms with E-state index in [1.807, 2.05) is 41.8 Å². The van der Waals surface area contributed by atoms with E-state index in [0.717, 1.165) is 50.1 Å². The molecule has 136 valence electrons. The Morgan fingerprint density at radius 2 is 2.08 bits per heavy atom. The summed E-state index contributed by atoms with van der Waals surface area (Å²) in [5.74, 6) is 1.06. The Kier molecular flexibility index (Phi) is 5.61. The summed E-state index contributed by atoms with van der Waals surface area (Å²) in [6.07, 6.45) is 4.66. The molecule has 0 aliphatic carbocycles. The van der Waals surface area contributed by atoms with Crippen molar-refractivity contribution in [2.45, 2.75) is 52.0 Å². The highest BCUT2D eigenvalue weighted by atomic mass is 16.5. The first-order valence-electron chi connectivity index (χ1n) is 9.42. The second-order valence-electron chi connectivity index (χ2n) is 7.00. The Bertz CT molecular complexity index is 644. The van der Waals surface area contributed by atoms with E-state index in [9.17, 15) is 9.59 Å². The fourth-order valence-corrected chi connectivity index (χ4v) is 3.83. The van der Waals surface area contributed by atoms with Crippen LogP contribution >= 0.6 is 0 Å². The predicted octanol–water partition coefficient (Wildman–Crippen LogP) is 3.01. The Hall–Kier alpha value is -2.04. The van der Waals surface area contributed by atoms with Gasteiger partial charge in [0.05, 0.1) is 6.61 Å². The fourth-order valence-electron chi connectivity index (χ4n) is 3.83. The smallest absolute Gasteiger partial charge is 0.254 e. The number of carbonyl (C=O) groups is 2. The Morgan fingerprint density at radius 3 is 2.84 bits per heavy atom. The van der Waals surface area contributed by atoms with Gasteiger partial charge < -0.3 is 14.5 Å². The molecule has 2 aliphatic heterocycles. The highest BCUT2D eigenvalue weighted by molar-refractivity contribution is 5.95. The van der Waals surface area contributed by atoms with Crippen LogP contribution in [0.2, 0.25) is 0 Å². The van der Waals surface area contributed by atoms with E-state index in [0.29, 0.717) is 25.1 Å². The van der Waals surface area contributed by atoms with E-state index < -0.39 is 0 Å². The van der Waals surface area contributed by atoms with Crippen LogP contribution in [-0.2, 0) is 4.79 Å². The zero-order chi connectivity index (χ0) is 17.8. The van der Waals surface area contributed by atoms with Gasteiger partial charge in [-0.25, -0.2) is 0 Å². The molecule has 0 radical (unpaired) electrons. The molecule has 0 spiro atoms. The largest absolute Gasteiger partial charge is 0.494 e. The first-order valence-corrected chi connectivity index (χ1v) is 9.42. The number of benzene rings is 1. The van der Waals surface area contributed by atoms with Gasteiger partial charge >= 0.3 is 0 Å². The molecule has 1 unspecified atom stereocenters. The van der Waals surface area contributed by atoms with E-state index in [1.54, 1.807) is 0 Å². The fraction of sp³-hybridized carbons (Fsp3) is 0.600. The topological polar surface area (TPSA) is 49.9 Å². The van der Waals surface area contributed by atoms with Crippen molar-refractivity contribution >= 4 is 11.8 Å². The lowest BCUT2D eigenvalue weighted by Crippen LogP contribution is -2.52. The number of ether oxygens (including phenoxy) is 1. The molecule has 3 rings (SSSR count). The lowest BCUT2D eigenvalue weighted by molar-refractivity contribution is -0.136. The Balaban J connectivity index is 1.71. The highest BCUT2D eigenvalue weighted by Crippen LogP contribution is 2.24. The molecular weight excluding hydrogens is 316 g/mol. The average Bonchev–Trinajstić information content (AvgIpc) is 2.64. The van der Waals surface area contributed by atoms with Gasteiger partial charge in [-0.2, -0.15) is 0 Å². The molecule has 25 heavy (non-hydrogen) atoms. The SMILES string of the molecule is CCOc1cc(C(=O)N2CCCC(N3CCCCC3=O)C2)ccc1C. The van der Waals surface area contributed by atoms with Gasteiger partial charge in [0.1, 0.15) is 5.75 Å². The third-order valence-electron chi connectivity index (χ3n) is 5.22. The summed E-state index contributed by atoms with van der Waals surface area (Å²) in [6, 6.07) is 5.82. The summed E-state index contributed by atoms with van der Waals surface area (Å²) in [5, 5.41) is 0. The molecule has 2 amide bonds. The third-order valence-corrected chi connectivity index (χ3v) is 5.22. The monoisotopic (exact) mass is 344 g/mol. The van der Waals surface area contributed by atoms with Crippen molar-refractivity contribution in [3.8, 4) is 5.75 Å². The maximum Gasteiger partial charge on any atom is 0.254 e. The maximum atomic E-state index is 12.9. The van der Waals surface area contributed by atoms with Crippen molar-refractivity contribution in [1.82, 2.24) is 9.80 Å². The average molecular weight is 344 g/mol. The van der Waals surface area contributed by atoms with E-state index in [-0.39, 0.29) is 17.9 Å². The van der Waals surface area contributed by atoms with Crippen LogP contribution in [0.15, 0.2) is 18.2 Å². The van der Waals surface area contributed by atoms with Crippen molar-refractivity contribution in [1.29, 1.82) is 0 Å². The van der Waals surface area contributed by atoms with Crippen molar-refractivity contribution in [3.63, 3.8) is 0 Å². The van der Waals surface area contributed by atoms with E-state index >= 15 is 0 Å². The normalized spacial score (nSPS) is 21.4. The lowest BCUT2D eigenvalue weighted by atomic mass is 9.99. The van der Waals surface area contributed by atoms with E-state index in [1.165, 1.54) is 0 Å². The molecule has 1 aromatic rings. The summed E-state index contributed by atoms with van der Waals surface area (Å²) < 4.78 is 5.62. The molecule has 2 saturated heterocycles. The third kappa shape index (κ3) is 3.97. The number of rotatable bonds is 4. The molecule has 1 aromatic carbocycles. The summed E-state index contributed by atoms with van der Waals surface area (Å²) >= 11 is 0. The van der Waals surface area contributed by atoms with Crippen molar-refractivity contribution in [3.05, 3.63) is 29.3 Å². The molecule has 0 aromatic heterocycles. The van der Waals surface area contributed by atoms with Gasteiger partial charge in [0, 0.05) is 37.7 Å². The number of likely N-dealkylation sites (tertiary alicyclic amines) is 2. The van der Waals surface area contributed by atoms with Crippen LogP contribution < -0.4 is 4.74 Å². The van der Waals surface area contributed by atoms with Gasteiger partial charge in [0.15, 0.2) is 0 Å². The number of amides is 2. The second-order valence-corrected chi connectivity index (χ2v) is 7.00. The van der Waals surface area contributed by atoms with E-state index in [2.05, 4.69) is 0 Å². The number of nitrogens with zero attached hydrogens (tertiary/aromatic N) is 2. The van der Waals surface area contributed by atoms with Crippen LogP contribution in [0.4, 0.5) is 0 Å². The minimum absolute atomic E-state index is 0.0371. The molecule has 2 fully saturated rings. The first-order chi connectivity index (χ1) is 12.1. The number of piperidine rings is 2. The summed E-state index contributed by atoms with van der Waals surface area (Å²) in [4.78, 5) is 29.0. The number of hydrogen-bond acceptors (Lipinski definition) is 3. The van der Waals surface area contributed by atoms with Crippen molar-refractivity contribution < 1.29 is 14.3 Å². The highest BCUT2D eigenvalue weighted by Gasteiger charge is 2.32. The molecule has 0 bridgehead atoms. The van der Waals surface area contributed by atoms with Crippen LogP contribution in [0.25, 0.3) is 0 Å². The van der Waals surface area contributed by atoms with Crippen LogP contribution in [-0.4, -0.2) is 53.9 Å². The Labute approximate surface area is 149 Å². The number of hydrogen-bond donors (Lipinski definition) is 0. The minimum atomic E-state index is 0.0371. The van der Waals surface area contributed by atoms with Gasteiger partial charge in [-0.05, 0) is 57.2 Å². The summed E-state index contributed by atoms with van der Waals surface area (Å²) in [5.41, 5.74) is 1.70. The minimum Gasteiger partial charge on any atom is -0.494 e. The molecule has 0 N–H and O–H groups in total. The maximum absolute atomic E-state index is 12.9. The molecule has 0 saturated carbocycles. The van der Waals surface area contributed by atoms with Crippen molar-refractivity contribution in [2.24, 2.45) is 0 Å². The number of carbonyl (C=O) groups excluding carboxylic acids is 2. The zero-order valence-electron chi connectivity index (χ0n) is 15.3. The quantitative estimate of drug-likeness (QED) is 0.844. The summed E-state index contributed by atoms with van der Waals surface area (Å²) in [7, 11) is 0.